The monoisotopic (exact) mass is 334 g/mol. The van der Waals surface area contributed by atoms with E-state index in [0.717, 1.165) is 0 Å². The Bertz CT molecular complexity index is 725. The van der Waals surface area contributed by atoms with Gasteiger partial charge >= 0.3 is 26.2 Å². The zero-order chi connectivity index (χ0) is 13.1. The van der Waals surface area contributed by atoms with Crippen molar-refractivity contribution in [2.24, 2.45) is 0 Å². The number of rotatable bonds is 0. The van der Waals surface area contributed by atoms with Crippen LogP contribution in [0.15, 0.2) is 78.9 Å². The van der Waals surface area contributed by atoms with Gasteiger partial charge in [-0.25, -0.2) is 11.6 Å². The van der Waals surface area contributed by atoms with Gasteiger partial charge in [-0.1, -0.05) is 43.3 Å². The molecule has 0 unspecified atom stereocenters. The van der Waals surface area contributed by atoms with Gasteiger partial charge in [-0.3, -0.25) is 0 Å². The van der Waals surface area contributed by atoms with Crippen molar-refractivity contribution < 1.29 is 26.2 Å². The summed E-state index contributed by atoms with van der Waals surface area (Å²) in [5.74, 6) is 0. The number of hydrogen-bond acceptors (Lipinski definition) is 0. The maximum Gasteiger partial charge on any atom is 2.00 e. The first-order chi connectivity index (χ1) is 9.34. The molecule has 0 fully saturated rings. The molecule has 0 radical (unpaired) electrons. The summed E-state index contributed by atoms with van der Waals surface area (Å²) in [5, 5.41) is 5.39. The molecule has 4 aromatic carbocycles. The van der Waals surface area contributed by atoms with Crippen molar-refractivity contribution in [1.82, 2.24) is 0 Å². The Morgan fingerprint density at radius 3 is 1.70 bits per heavy atom. The van der Waals surface area contributed by atoms with Gasteiger partial charge < -0.3 is 0 Å². The van der Waals surface area contributed by atoms with E-state index in [2.05, 4.69) is 73.7 Å². The van der Waals surface area contributed by atoms with Gasteiger partial charge in [0, 0.05) is 0 Å². The minimum Gasteiger partial charge on any atom is -0.211 e. The molecule has 0 nitrogen and oxygen atoms in total. The van der Waals surface area contributed by atoms with Crippen LogP contribution in [0.1, 0.15) is 5.56 Å². The Hall–Kier alpha value is -1.46. The number of benzene rings is 2. The van der Waals surface area contributed by atoms with Crippen LogP contribution >= 0.6 is 0 Å². The zero-order valence-corrected chi connectivity index (χ0v) is 14.0. The maximum absolute atomic E-state index is 2.24. The predicted octanol–water partition coefficient (Wildman–Crippen LogP) is 5.42. The fourth-order valence-electron chi connectivity index (χ4n) is 2.37. The fourth-order valence-corrected chi connectivity index (χ4v) is 2.37. The van der Waals surface area contributed by atoms with Gasteiger partial charge in [0.05, 0.1) is 0 Å². The van der Waals surface area contributed by atoms with E-state index in [1.165, 1.54) is 27.1 Å². The summed E-state index contributed by atoms with van der Waals surface area (Å²) in [7, 11) is 0. The summed E-state index contributed by atoms with van der Waals surface area (Å²) in [6.07, 6.45) is 0. The first-order valence-corrected chi connectivity index (χ1v) is 6.56. The van der Waals surface area contributed by atoms with E-state index < -0.39 is 0 Å². The molecule has 0 atom stereocenters. The molecule has 0 bridgehead atoms. The van der Waals surface area contributed by atoms with Gasteiger partial charge in [0.25, 0.3) is 0 Å². The Balaban J connectivity index is 0.000000180. The molecule has 0 spiro atoms. The maximum atomic E-state index is 2.24. The van der Waals surface area contributed by atoms with Crippen molar-refractivity contribution >= 4 is 21.5 Å². The molecule has 4 aromatic rings. The molecule has 0 N–H and O–H groups in total. The third kappa shape index (κ3) is 3.16. The van der Waals surface area contributed by atoms with Crippen molar-refractivity contribution in [2.45, 2.75) is 6.92 Å². The molecule has 4 rings (SSSR count). The van der Waals surface area contributed by atoms with E-state index in [0.29, 0.717) is 0 Å². The predicted molar refractivity (Wildman–Crippen MR) is 83.8 cm³/mol. The van der Waals surface area contributed by atoms with Gasteiger partial charge in [-0.05, 0) is 0 Å². The van der Waals surface area contributed by atoms with Crippen LogP contribution in [0.2, 0.25) is 0 Å². The van der Waals surface area contributed by atoms with Gasteiger partial charge in [0.15, 0.2) is 0 Å². The molecular formula is C19H16Zr. The normalized spacial score (nSPS) is 9.85. The first-order valence-electron chi connectivity index (χ1n) is 6.56. The summed E-state index contributed by atoms with van der Waals surface area (Å²) >= 11 is 0. The second-order valence-electron chi connectivity index (χ2n) is 4.78. The molecule has 0 saturated carbocycles. The van der Waals surface area contributed by atoms with Crippen LogP contribution in [0.4, 0.5) is 0 Å². The Morgan fingerprint density at radius 1 is 0.750 bits per heavy atom. The van der Waals surface area contributed by atoms with Crippen LogP contribution in [0.5, 0.6) is 0 Å². The third-order valence-corrected chi connectivity index (χ3v) is 3.35. The molecule has 0 heterocycles. The average molecular weight is 336 g/mol. The standard InChI is InChI=1S/C13H9.C6H7.Zr/c1-3-7-12-10(5-1)9-11-6-2-4-8-13(11)12;1-6-4-2-3-5-6;/h1-9H;2-5H,1H3;/q2*-1;+2. The smallest absolute Gasteiger partial charge is 0.211 e. The molecule has 0 aliphatic heterocycles. The van der Waals surface area contributed by atoms with E-state index in [-0.39, 0.29) is 26.2 Å². The van der Waals surface area contributed by atoms with Crippen LogP contribution in [-0.4, -0.2) is 0 Å². The van der Waals surface area contributed by atoms with E-state index in [1.807, 2.05) is 12.1 Å². The van der Waals surface area contributed by atoms with Crippen LogP contribution in [0.3, 0.4) is 0 Å². The van der Waals surface area contributed by atoms with Gasteiger partial charge in [0.2, 0.25) is 0 Å². The largest absolute Gasteiger partial charge is 2.00 e. The molecule has 0 amide bonds. The number of hydrogen-bond donors (Lipinski definition) is 0. The van der Waals surface area contributed by atoms with Crippen molar-refractivity contribution in [2.75, 3.05) is 0 Å². The molecule has 96 valence electrons. The van der Waals surface area contributed by atoms with Crippen LogP contribution in [0.25, 0.3) is 21.5 Å². The van der Waals surface area contributed by atoms with E-state index in [4.69, 9.17) is 0 Å². The van der Waals surface area contributed by atoms with Crippen LogP contribution in [-0.2, 0) is 26.2 Å². The minimum atomic E-state index is 0. The molecule has 20 heavy (non-hydrogen) atoms. The van der Waals surface area contributed by atoms with E-state index in [1.54, 1.807) is 0 Å². The topological polar surface area (TPSA) is 0 Å². The second-order valence-corrected chi connectivity index (χ2v) is 4.78. The van der Waals surface area contributed by atoms with Gasteiger partial charge in [-0.15, -0.1) is 39.7 Å². The molecule has 0 aliphatic rings. The molecule has 0 saturated heterocycles. The quantitative estimate of drug-likeness (QED) is 0.376. The zero-order valence-electron chi connectivity index (χ0n) is 11.5. The summed E-state index contributed by atoms with van der Waals surface area (Å²) in [4.78, 5) is 0. The van der Waals surface area contributed by atoms with Crippen molar-refractivity contribution in [3.63, 3.8) is 0 Å². The Labute approximate surface area is 138 Å². The van der Waals surface area contributed by atoms with E-state index in [9.17, 15) is 0 Å². The molecular weight excluding hydrogens is 319 g/mol. The minimum absolute atomic E-state index is 0. The van der Waals surface area contributed by atoms with E-state index >= 15 is 0 Å². The SMILES string of the molecule is Cc1cc[cH-]c1.[Zr+2].c1ccc2c(c1)[cH-]c1ccccc12. The Morgan fingerprint density at radius 2 is 1.30 bits per heavy atom. The molecule has 1 heteroatoms. The molecule has 0 aliphatic carbocycles. The van der Waals surface area contributed by atoms with Crippen LogP contribution < -0.4 is 0 Å². The van der Waals surface area contributed by atoms with Crippen LogP contribution in [0, 0.1) is 6.92 Å². The average Bonchev–Trinajstić information content (AvgIpc) is 3.06. The number of aryl methyl sites for hydroxylation is 1. The number of fused-ring (bicyclic) bond motifs is 3. The van der Waals surface area contributed by atoms with Gasteiger partial charge in [-0.2, -0.15) is 18.2 Å². The van der Waals surface area contributed by atoms with Gasteiger partial charge in [0.1, 0.15) is 0 Å². The molecule has 0 aromatic heterocycles. The summed E-state index contributed by atoms with van der Waals surface area (Å²) < 4.78 is 0. The first kappa shape index (κ1) is 14.9. The Kier molecular flexibility index (Phi) is 5.09. The summed E-state index contributed by atoms with van der Waals surface area (Å²) in [5.41, 5.74) is 1.34. The van der Waals surface area contributed by atoms with Crippen molar-refractivity contribution in [3.8, 4) is 0 Å². The second kappa shape index (κ2) is 6.81. The summed E-state index contributed by atoms with van der Waals surface area (Å²) in [6, 6.07) is 27.5. The van der Waals surface area contributed by atoms with Crippen molar-refractivity contribution in [1.29, 1.82) is 0 Å². The third-order valence-electron chi connectivity index (χ3n) is 3.35. The van der Waals surface area contributed by atoms with Crippen molar-refractivity contribution in [3.05, 3.63) is 84.4 Å². The summed E-state index contributed by atoms with van der Waals surface area (Å²) in [6.45, 7) is 2.08. The fraction of sp³-hybridized carbons (Fsp3) is 0.0526.